The lowest BCUT2D eigenvalue weighted by atomic mass is 9.91. The standard InChI is InChI=1S/C70H126N12O13S/c1-26-28-32-46(13)57(83)56-61(87)73-49(27-2)63(89)81(24)69(96-36-31-35-82-33-29-30-34-82)68(94)78(21)53(40-70(16,17)95-25)60(86)74-54(44(9)10)66(92)75(18)50(37-41(3)4)59(85)71-47(14)58(84)72-48(15)62(88)76(19)51(38-42(5)6)64(90)77(20)52(39-43(7)8)65(91)79(22)55(45(11)12)67(93)80(56)23/h26,28,41-57,69,83H,27,29-40H2,1-25H3,(H,71,85)(H,72,84)(H,73,87)(H,74,86)/t46-,47+,48-,49+,50+,51+,52+,53+,54+,55+,56+,57-,69-/m1/s1. The first-order valence-electron chi connectivity index (χ1n) is 34.8. The van der Waals surface area contributed by atoms with Gasteiger partial charge in [-0.1, -0.05) is 95.2 Å². The van der Waals surface area contributed by atoms with Crippen LogP contribution in [-0.4, -0.2) is 269 Å². The van der Waals surface area contributed by atoms with Gasteiger partial charge in [0.25, 0.3) is 5.91 Å². The highest BCUT2D eigenvalue weighted by molar-refractivity contribution is 8.00. The number of amides is 11. The van der Waals surface area contributed by atoms with Crippen LogP contribution in [0.2, 0.25) is 0 Å². The monoisotopic (exact) mass is 1370 g/mol. The first kappa shape index (κ1) is 86.2. The predicted molar refractivity (Wildman–Crippen MR) is 376 cm³/mol. The number of carbonyl (C=O) groups is 11. The zero-order valence-corrected chi connectivity index (χ0v) is 63.9. The number of allylic oxidation sites excluding steroid dienone is 2. The summed E-state index contributed by atoms with van der Waals surface area (Å²) >= 11 is 1.20. The zero-order chi connectivity index (χ0) is 73.7. The fourth-order valence-electron chi connectivity index (χ4n) is 12.4. The van der Waals surface area contributed by atoms with Gasteiger partial charge >= 0.3 is 0 Å². The molecule has 2 heterocycles. The molecule has 25 nitrogen and oxygen atoms in total. The summed E-state index contributed by atoms with van der Waals surface area (Å²) in [5.41, 5.74) is -1.04. The van der Waals surface area contributed by atoms with E-state index in [4.69, 9.17) is 4.74 Å². The summed E-state index contributed by atoms with van der Waals surface area (Å²) in [7, 11) is 11.5. The third kappa shape index (κ3) is 24.2. The molecule has 2 aliphatic rings. The highest BCUT2D eigenvalue weighted by Crippen LogP contribution is 2.29. The third-order valence-corrected chi connectivity index (χ3v) is 20.2. The molecule has 0 spiro atoms. The van der Waals surface area contributed by atoms with Crippen molar-refractivity contribution in [1.82, 2.24) is 60.5 Å². The van der Waals surface area contributed by atoms with E-state index in [-0.39, 0.29) is 49.9 Å². The first-order valence-corrected chi connectivity index (χ1v) is 35.9. The van der Waals surface area contributed by atoms with Crippen LogP contribution >= 0.6 is 11.8 Å². The average molecular weight is 1380 g/mol. The van der Waals surface area contributed by atoms with E-state index in [0.717, 1.165) is 37.4 Å². The van der Waals surface area contributed by atoms with Crippen molar-refractivity contribution in [3.05, 3.63) is 12.2 Å². The molecule has 2 aliphatic heterocycles. The van der Waals surface area contributed by atoms with Gasteiger partial charge in [0.05, 0.1) is 11.7 Å². The normalized spacial score (nSPS) is 27.1. The summed E-state index contributed by atoms with van der Waals surface area (Å²) in [6.45, 7) is 32.4. The topological polar surface area (TPSA) is 291 Å². The van der Waals surface area contributed by atoms with E-state index in [9.17, 15) is 24.3 Å². The smallest absolute Gasteiger partial charge is 0.256 e. The Hall–Kier alpha value is -5.86. The molecule has 0 saturated carbocycles. The largest absolute Gasteiger partial charge is 0.390 e. The quantitative estimate of drug-likeness (QED) is 0.0777. The summed E-state index contributed by atoms with van der Waals surface area (Å²) in [5, 5.41) is 22.3. The highest BCUT2D eigenvalue weighted by Gasteiger charge is 2.47. The number of methoxy groups -OCH3 is 1. The van der Waals surface area contributed by atoms with Crippen molar-refractivity contribution >= 4 is 76.7 Å². The van der Waals surface area contributed by atoms with Crippen LogP contribution in [0.3, 0.4) is 0 Å². The summed E-state index contributed by atoms with van der Waals surface area (Å²) in [4.78, 5) is 176. The molecule has 0 bridgehead atoms. The number of thioether (sulfide) groups is 1. The number of hydrogen-bond acceptors (Lipinski definition) is 15. The summed E-state index contributed by atoms with van der Waals surface area (Å²) in [5.74, 6) is -9.45. The van der Waals surface area contributed by atoms with Gasteiger partial charge in [0.15, 0.2) is 5.37 Å². The van der Waals surface area contributed by atoms with Crippen LogP contribution in [0.1, 0.15) is 175 Å². The van der Waals surface area contributed by atoms with E-state index < -0.39 is 160 Å². The fourth-order valence-corrected chi connectivity index (χ4v) is 13.6. The van der Waals surface area contributed by atoms with E-state index in [2.05, 4.69) is 26.2 Å². The van der Waals surface area contributed by atoms with Crippen LogP contribution in [-0.2, 0) is 57.5 Å². The Kier molecular flexibility index (Phi) is 35.6. The van der Waals surface area contributed by atoms with Gasteiger partial charge < -0.3 is 70.3 Å². The second-order valence-corrected chi connectivity index (χ2v) is 30.6. The molecule has 0 unspecified atom stereocenters. The van der Waals surface area contributed by atoms with Crippen LogP contribution in [0.5, 0.6) is 0 Å². The summed E-state index contributed by atoms with van der Waals surface area (Å²) in [6.07, 6.45) is 5.51. The molecule has 26 heteroatoms. The molecule has 0 aliphatic carbocycles. The molecule has 2 rings (SSSR count). The minimum atomic E-state index is -1.64. The fraction of sp³-hybridized carbons (Fsp3) is 0.814. The molecule has 96 heavy (non-hydrogen) atoms. The summed E-state index contributed by atoms with van der Waals surface area (Å²) < 4.78 is 5.86. The summed E-state index contributed by atoms with van der Waals surface area (Å²) in [6, 6.07) is -12.8. The van der Waals surface area contributed by atoms with Gasteiger partial charge in [-0.05, 0) is 147 Å². The number of aliphatic hydroxyl groups excluding tert-OH is 1. The van der Waals surface area contributed by atoms with Crippen LogP contribution in [0.25, 0.3) is 0 Å². The first-order chi connectivity index (χ1) is 44.5. The van der Waals surface area contributed by atoms with E-state index in [0.29, 0.717) is 18.6 Å². The maximum Gasteiger partial charge on any atom is 0.256 e. The SMILES string of the molecule is CC=CC[C@@H](C)[C@@H](O)[C@H]1C(=O)N[C@@H](CC)C(=O)N(C)[C@H](SCCCN2CCCC2)C(=O)N(C)[C@@H](CC(C)(C)OC)C(=O)N[C@@H](C(C)C)C(=O)N(C)[C@@H](CC(C)C)C(=O)N[C@@H](C)C(=O)N[C@H](C)C(=O)N(C)[C@@H](CC(C)C)C(=O)N(C)[C@@H](CC(C)C)C(=O)N(C)[C@@H](C(C)C)C(=O)N1C. The van der Waals surface area contributed by atoms with Crippen molar-refractivity contribution in [1.29, 1.82) is 0 Å². The number of carbonyl (C=O) groups excluding carboxylic acids is 11. The van der Waals surface area contributed by atoms with Gasteiger partial charge in [-0.25, -0.2) is 0 Å². The Morgan fingerprint density at radius 1 is 0.542 bits per heavy atom. The van der Waals surface area contributed by atoms with Gasteiger partial charge in [-0.2, -0.15) is 0 Å². The molecular formula is C70H126N12O13S. The van der Waals surface area contributed by atoms with Crippen LogP contribution in [0, 0.1) is 35.5 Å². The number of likely N-dealkylation sites (N-methyl/N-ethyl adjacent to an activating group) is 7. The second kappa shape index (κ2) is 39.7. The van der Waals surface area contributed by atoms with Crippen molar-refractivity contribution in [2.75, 3.05) is 81.8 Å². The molecule has 550 valence electrons. The predicted octanol–water partition coefficient (Wildman–Crippen LogP) is 4.58. The van der Waals surface area contributed by atoms with Gasteiger partial charge in [0, 0.05) is 62.9 Å². The average Bonchev–Trinajstić information content (AvgIpc) is 0.929. The third-order valence-electron chi connectivity index (χ3n) is 18.8. The minimum absolute atomic E-state index is 0.00389. The molecule has 0 aromatic rings. The maximum atomic E-state index is 15.5. The second-order valence-electron chi connectivity index (χ2n) is 29.5. The number of likely N-dealkylation sites (tertiary alicyclic amines) is 1. The molecule has 2 fully saturated rings. The molecule has 11 amide bonds. The van der Waals surface area contributed by atoms with Crippen molar-refractivity contribution in [2.24, 2.45) is 35.5 Å². The number of nitrogens with one attached hydrogen (secondary N) is 4. The maximum absolute atomic E-state index is 15.5. The lowest BCUT2D eigenvalue weighted by Gasteiger charge is -2.41. The number of rotatable bonds is 21. The van der Waals surface area contributed by atoms with Gasteiger partial charge in [-0.15, -0.1) is 11.8 Å². The molecule has 0 aromatic carbocycles. The minimum Gasteiger partial charge on any atom is -0.390 e. The highest BCUT2D eigenvalue weighted by atomic mass is 32.2. The number of aliphatic hydroxyl groups is 1. The van der Waals surface area contributed by atoms with E-state index in [1.165, 1.54) is 111 Å². The Labute approximate surface area is 579 Å². The van der Waals surface area contributed by atoms with Crippen LogP contribution < -0.4 is 21.3 Å². The van der Waals surface area contributed by atoms with Crippen LogP contribution in [0.4, 0.5) is 0 Å². The number of ether oxygens (including phenoxy) is 1. The van der Waals surface area contributed by atoms with Crippen molar-refractivity contribution in [3.8, 4) is 0 Å². The van der Waals surface area contributed by atoms with Crippen molar-refractivity contribution in [3.63, 3.8) is 0 Å². The van der Waals surface area contributed by atoms with E-state index >= 15 is 33.6 Å². The van der Waals surface area contributed by atoms with Gasteiger partial charge in [-0.3, -0.25) is 52.7 Å². The molecular weight excluding hydrogens is 1250 g/mol. The Bertz CT molecular complexity index is 2630. The number of nitrogens with zero attached hydrogens (tertiary/aromatic N) is 8. The number of hydrogen-bond donors (Lipinski definition) is 5. The van der Waals surface area contributed by atoms with E-state index in [1.807, 2.05) is 54.5 Å². The molecule has 2 saturated heterocycles. The molecule has 13 atom stereocenters. The molecule has 5 N–H and O–H groups in total. The van der Waals surface area contributed by atoms with E-state index in [1.54, 1.807) is 61.5 Å². The van der Waals surface area contributed by atoms with Gasteiger partial charge in [0.1, 0.15) is 60.4 Å². The molecule has 0 radical (unpaired) electrons. The zero-order valence-electron chi connectivity index (χ0n) is 63.1. The Morgan fingerprint density at radius 2 is 1.01 bits per heavy atom. The molecule has 0 aromatic heterocycles. The van der Waals surface area contributed by atoms with Crippen LogP contribution in [0.15, 0.2) is 12.2 Å². The Balaban J connectivity index is 3.13. The van der Waals surface area contributed by atoms with Gasteiger partial charge in [0.2, 0.25) is 59.1 Å². The van der Waals surface area contributed by atoms with Crippen molar-refractivity contribution < 1.29 is 62.6 Å². The lowest BCUT2D eigenvalue weighted by molar-refractivity contribution is -0.157. The lowest BCUT2D eigenvalue weighted by Crippen LogP contribution is -2.64. The Morgan fingerprint density at radius 3 is 1.50 bits per heavy atom. The van der Waals surface area contributed by atoms with Crippen molar-refractivity contribution in [2.45, 2.75) is 253 Å².